The molecule has 0 heterocycles. The minimum Gasteiger partial charge on any atom is -0.397 e. The third kappa shape index (κ3) is 4.47. The van der Waals surface area contributed by atoms with E-state index < -0.39 is 9.84 Å². The monoisotopic (exact) mass is 274 g/mol. The maximum absolute atomic E-state index is 11.3. The van der Waals surface area contributed by atoms with E-state index in [1.807, 2.05) is 0 Å². The molecule has 0 saturated heterocycles. The van der Waals surface area contributed by atoms with Crippen molar-refractivity contribution in [2.75, 3.05) is 35.9 Å². The molecule has 0 aromatic heterocycles. The van der Waals surface area contributed by atoms with Crippen molar-refractivity contribution in [3.8, 4) is 0 Å². The third-order valence-corrected chi connectivity index (χ3v) is 4.10. The molecule has 0 saturated carbocycles. The summed E-state index contributed by atoms with van der Waals surface area (Å²) in [5.41, 5.74) is 7.06. The zero-order valence-electron chi connectivity index (χ0n) is 10.1. The molecular formula is C11H18N2O2S2. The largest absolute Gasteiger partial charge is 0.397 e. The van der Waals surface area contributed by atoms with Gasteiger partial charge >= 0.3 is 0 Å². The van der Waals surface area contributed by atoms with Gasteiger partial charge in [-0.3, -0.25) is 0 Å². The van der Waals surface area contributed by atoms with Crippen LogP contribution in [0.2, 0.25) is 0 Å². The highest BCUT2D eigenvalue weighted by atomic mass is 32.2. The Hall–Kier alpha value is -0.880. The van der Waals surface area contributed by atoms with Crippen LogP contribution in [-0.2, 0) is 9.84 Å². The molecule has 0 radical (unpaired) electrons. The van der Waals surface area contributed by atoms with E-state index in [0.29, 0.717) is 5.69 Å². The van der Waals surface area contributed by atoms with Gasteiger partial charge in [-0.05, 0) is 36.6 Å². The molecule has 0 bridgehead atoms. The topological polar surface area (TPSA) is 72.2 Å². The van der Waals surface area contributed by atoms with Crippen LogP contribution in [0.3, 0.4) is 0 Å². The second-order valence-electron chi connectivity index (χ2n) is 3.79. The number of rotatable bonds is 6. The highest BCUT2D eigenvalue weighted by molar-refractivity contribution is 7.98. The molecule has 1 rings (SSSR count). The maximum Gasteiger partial charge on any atom is 0.175 e. The predicted octanol–water partition coefficient (Wildman–Crippen LogP) is 1.84. The van der Waals surface area contributed by atoms with Crippen LogP contribution in [-0.4, -0.2) is 33.2 Å². The van der Waals surface area contributed by atoms with E-state index in [4.69, 9.17) is 5.73 Å². The summed E-state index contributed by atoms with van der Waals surface area (Å²) in [5, 5.41) is 3.19. The molecule has 0 amide bonds. The highest BCUT2D eigenvalue weighted by Gasteiger charge is 2.08. The van der Waals surface area contributed by atoms with Gasteiger partial charge in [0.25, 0.3) is 0 Å². The van der Waals surface area contributed by atoms with Gasteiger partial charge in [-0.15, -0.1) is 0 Å². The second-order valence-corrected chi connectivity index (χ2v) is 6.80. The summed E-state index contributed by atoms with van der Waals surface area (Å²) < 4.78 is 22.6. The molecule has 0 aliphatic rings. The van der Waals surface area contributed by atoms with Crippen molar-refractivity contribution >= 4 is 33.0 Å². The zero-order chi connectivity index (χ0) is 12.9. The van der Waals surface area contributed by atoms with Crippen LogP contribution in [0.15, 0.2) is 23.1 Å². The molecular weight excluding hydrogens is 256 g/mol. The van der Waals surface area contributed by atoms with Crippen molar-refractivity contribution in [3.05, 3.63) is 18.2 Å². The lowest BCUT2D eigenvalue weighted by Crippen LogP contribution is -2.06. The third-order valence-electron chi connectivity index (χ3n) is 2.29. The molecule has 1 aromatic rings. The highest BCUT2D eigenvalue weighted by Crippen LogP contribution is 2.22. The lowest BCUT2D eigenvalue weighted by molar-refractivity contribution is 0.602. The van der Waals surface area contributed by atoms with Gasteiger partial charge in [-0.2, -0.15) is 11.8 Å². The summed E-state index contributed by atoms with van der Waals surface area (Å²) in [4.78, 5) is 0.254. The van der Waals surface area contributed by atoms with Crippen LogP contribution >= 0.6 is 11.8 Å². The summed E-state index contributed by atoms with van der Waals surface area (Å²) in [6, 6.07) is 4.78. The standard InChI is InChI=1S/C11H18N2O2S2/c1-16-7-3-6-13-11-5-4-9(8-10(11)12)17(2,14)15/h4-5,8,13H,3,6-7,12H2,1-2H3. The van der Waals surface area contributed by atoms with Gasteiger partial charge in [0.15, 0.2) is 9.84 Å². The summed E-state index contributed by atoms with van der Waals surface area (Å²) >= 11 is 1.80. The Labute approximate surface area is 107 Å². The zero-order valence-corrected chi connectivity index (χ0v) is 11.7. The van der Waals surface area contributed by atoms with Crippen molar-refractivity contribution in [1.29, 1.82) is 0 Å². The van der Waals surface area contributed by atoms with E-state index in [1.54, 1.807) is 23.9 Å². The average Bonchev–Trinajstić information content (AvgIpc) is 2.24. The fourth-order valence-corrected chi connectivity index (χ4v) is 2.46. The number of nitrogens with two attached hydrogens (primary N) is 1. The number of hydrogen-bond donors (Lipinski definition) is 2. The van der Waals surface area contributed by atoms with Crippen molar-refractivity contribution < 1.29 is 8.42 Å². The molecule has 6 heteroatoms. The molecule has 17 heavy (non-hydrogen) atoms. The van der Waals surface area contributed by atoms with Crippen molar-refractivity contribution in [2.45, 2.75) is 11.3 Å². The van der Waals surface area contributed by atoms with Gasteiger partial charge in [0.1, 0.15) is 0 Å². The van der Waals surface area contributed by atoms with E-state index >= 15 is 0 Å². The quantitative estimate of drug-likeness (QED) is 0.612. The molecule has 0 aliphatic carbocycles. The summed E-state index contributed by atoms with van der Waals surface area (Å²) in [5.74, 6) is 1.09. The molecule has 1 aromatic carbocycles. The molecule has 96 valence electrons. The number of thioether (sulfide) groups is 1. The van der Waals surface area contributed by atoms with Gasteiger partial charge in [0.05, 0.1) is 16.3 Å². The molecule has 0 atom stereocenters. The van der Waals surface area contributed by atoms with Crippen LogP contribution < -0.4 is 11.1 Å². The van der Waals surface area contributed by atoms with E-state index in [1.165, 1.54) is 12.3 Å². The minimum atomic E-state index is -3.18. The number of nitrogens with one attached hydrogen (secondary N) is 1. The van der Waals surface area contributed by atoms with Crippen LogP contribution in [0, 0.1) is 0 Å². The Morgan fingerprint density at radius 3 is 2.65 bits per heavy atom. The lowest BCUT2D eigenvalue weighted by atomic mass is 10.2. The Kier molecular flexibility index (Phi) is 5.14. The van der Waals surface area contributed by atoms with Gasteiger partial charge in [-0.1, -0.05) is 0 Å². The molecule has 0 fully saturated rings. The smallest absolute Gasteiger partial charge is 0.175 e. The van der Waals surface area contributed by atoms with Crippen molar-refractivity contribution in [1.82, 2.24) is 0 Å². The number of hydrogen-bond acceptors (Lipinski definition) is 5. The number of benzene rings is 1. The van der Waals surface area contributed by atoms with Gasteiger partial charge < -0.3 is 11.1 Å². The average molecular weight is 274 g/mol. The van der Waals surface area contributed by atoms with E-state index in [0.717, 1.165) is 24.4 Å². The maximum atomic E-state index is 11.3. The predicted molar refractivity (Wildman–Crippen MR) is 75.5 cm³/mol. The molecule has 4 nitrogen and oxygen atoms in total. The first-order valence-corrected chi connectivity index (χ1v) is 8.56. The molecule has 0 spiro atoms. The first-order valence-electron chi connectivity index (χ1n) is 5.27. The van der Waals surface area contributed by atoms with E-state index in [2.05, 4.69) is 11.6 Å². The lowest BCUT2D eigenvalue weighted by Gasteiger charge is -2.10. The normalized spacial score (nSPS) is 11.4. The van der Waals surface area contributed by atoms with E-state index in [-0.39, 0.29) is 4.90 Å². The number of sulfone groups is 1. The van der Waals surface area contributed by atoms with Gasteiger partial charge in [0, 0.05) is 12.8 Å². The molecule has 3 N–H and O–H groups in total. The molecule has 0 unspecified atom stereocenters. The first-order chi connectivity index (χ1) is 7.95. The Morgan fingerprint density at radius 1 is 1.41 bits per heavy atom. The second kappa shape index (κ2) is 6.16. The minimum absolute atomic E-state index is 0.254. The van der Waals surface area contributed by atoms with Crippen LogP contribution in [0.4, 0.5) is 11.4 Å². The summed E-state index contributed by atoms with van der Waals surface area (Å²) in [7, 11) is -3.18. The summed E-state index contributed by atoms with van der Waals surface area (Å²) in [6.07, 6.45) is 4.29. The van der Waals surface area contributed by atoms with Crippen LogP contribution in [0.25, 0.3) is 0 Å². The number of nitrogen functional groups attached to an aromatic ring is 1. The Bertz CT molecular complexity index is 472. The van der Waals surface area contributed by atoms with Crippen LogP contribution in [0.5, 0.6) is 0 Å². The fourth-order valence-electron chi connectivity index (χ4n) is 1.37. The fraction of sp³-hybridized carbons (Fsp3) is 0.455. The van der Waals surface area contributed by atoms with Crippen molar-refractivity contribution in [3.63, 3.8) is 0 Å². The summed E-state index contributed by atoms with van der Waals surface area (Å²) in [6.45, 7) is 0.837. The molecule has 0 aliphatic heterocycles. The number of anilines is 2. The van der Waals surface area contributed by atoms with Crippen molar-refractivity contribution in [2.24, 2.45) is 0 Å². The first kappa shape index (κ1) is 14.2. The van der Waals surface area contributed by atoms with Crippen LogP contribution in [0.1, 0.15) is 6.42 Å². The van der Waals surface area contributed by atoms with Gasteiger partial charge in [-0.25, -0.2) is 8.42 Å². The Balaban J connectivity index is 2.70. The van der Waals surface area contributed by atoms with E-state index in [9.17, 15) is 8.42 Å². The SMILES string of the molecule is CSCCCNc1ccc(S(C)(=O)=O)cc1N. The van der Waals surface area contributed by atoms with Gasteiger partial charge in [0.2, 0.25) is 0 Å². The Morgan fingerprint density at radius 2 is 2.12 bits per heavy atom.